The second-order valence-electron chi connectivity index (χ2n) is 24.6. The number of benzene rings is 6. The Morgan fingerprint density at radius 1 is 0.495 bits per heavy atom. The molecule has 22 heteroatoms. The molecule has 3 heterocycles. The van der Waals surface area contributed by atoms with Crippen LogP contribution in [0.25, 0.3) is 17.1 Å². The molecule has 9 aromatic rings. The van der Waals surface area contributed by atoms with Gasteiger partial charge in [0.1, 0.15) is 32.8 Å². The van der Waals surface area contributed by atoms with Crippen LogP contribution in [-0.4, -0.2) is 78.8 Å². The van der Waals surface area contributed by atoms with E-state index in [2.05, 4.69) is 20.6 Å². The van der Waals surface area contributed by atoms with E-state index in [1.807, 2.05) is 189 Å². The van der Waals surface area contributed by atoms with Gasteiger partial charge in [-0.05, 0) is 192 Å². The van der Waals surface area contributed by atoms with Gasteiger partial charge in [0.2, 0.25) is 0 Å². The molecule has 502 valence electrons. The smallest absolute Gasteiger partial charge is 0.407 e. The predicted octanol–water partition coefficient (Wildman–Crippen LogP) is 17.4. The van der Waals surface area contributed by atoms with Gasteiger partial charge < -0.3 is 15.8 Å². The van der Waals surface area contributed by atoms with Crippen molar-refractivity contribution in [2.45, 2.75) is 144 Å². The third-order valence-corrected chi connectivity index (χ3v) is 18.4. The lowest BCUT2D eigenvalue weighted by Crippen LogP contribution is -2.32. The number of aromatic nitrogens is 6. The summed E-state index contributed by atoms with van der Waals surface area (Å²) in [7, 11) is -3.06. The molecule has 95 heavy (non-hydrogen) atoms. The molecule has 0 aliphatic heterocycles. The molecule has 3 unspecified atom stereocenters. The molecule has 0 aliphatic rings. The van der Waals surface area contributed by atoms with Crippen LogP contribution in [0.5, 0.6) is 0 Å². The molecule has 3 atom stereocenters. The number of amides is 1. The van der Waals surface area contributed by atoms with Crippen LogP contribution in [0.4, 0.5) is 4.79 Å². The van der Waals surface area contributed by atoms with Gasteiger partial charge in [-0.1, -0.05) is 145 Å². The average Bonchev–Trinajstić information content (AvgIpc) is 1.82. The van der Waals surface area contributed by atoms with Gasteiger partial charge in [-0.15, -0.1) is 0 Å². The predicted molar refractivity (Wildman–Crippen MR) is 384 cm³/mol. The summed E-state index contributed by atoms with van der Waals surface area (Å²) < 4.78 is 33.6. The number of nitrogens with one attached hydrogen (secondary N) is 1. The average molecular weight is 1430 g/mol. The Morgan fingerprint density at radius 2 is 0.832 bits per heavy atom. The minimum absolute atomic E-state index is 0.0419. The van der Waals surface area contributed by atoms with Gasteiger partial charge in [-0.2, -0.15) is 15.3 Å². The molecule has 0 saturated heterocycles. The number of nitrogens with zero attached hydrogens (tertiary/aromatic N) is 6. The molecule has 1 amide bonds. The maximum absolute atomic E-state index is 13.0. The summed E-state index contributed by atoms with van der Waals surface area (Å²) in [5.41, 5.74) is 18.2. The number of Topliss-reactive ketones (excluding diaryl/α,β-unsaturated/α-hetero) is 3. The Morgan fingerprint density at radius 3 is 1.14 bits per heavy atom. The van der Waals surface area contributed by atoms with E-state index in [1.54, 1.807) is 32.9 Å². The van der Waals surface area contributed by atoms with Crippen LogP contribution in [0.2, 0.25) is 30.1 Å². The molecular formula is C73H80Cl6N8O7S. The number of aryl methyl sites for hydroxylation is 7. The van der Waals surface area contributed by atoms with Gasteiger partial charge >= 0.3 is 6.09 Å². The maximum atomic E-state index is 13.0. The Hall–Kier alpha value is -7.12. The molecule has 9 rings (SSSR count). The van der Waals surface area contributed by atoms with E-state index in [9.17, 15) is 27.6 Å². The number of halogens is 6. The van der Waals surface area contributed by atoms with Crippen LogP contribution in [0.3, 0.4) is 0 Å². The summed E-state index contributed by atoms with van der Waals surface area (Å²) in [6.45, 7) is 17.5. The highest BCUT2D eigenvalue weighted by molar-refractivity contribution is 7.90. The van der Waals surface area contributed by atoms with Crippen molar-refractivity contribution in [3.05, 3.63) is 243 Å². The van der Waals surface area contributed by atoms with Gasteiger partial charge in [0, 0.05) is 104 Å². The van der Waals surface area contributed by atoms with Gasteiger partial charge in [0.05, 0.1) is 39.9 Å². The second kappa shape index (κ2) is 34.2. The molecule has 3 N–H and O–H groups in total. The Bertz CT molecular complexity index is 4310. The van der Waals surface area contributed by atoms with Gasteiger partial charge in [-0.3, -0.25) is 14.4 Å². The normalized spacial score (nSPS) is 12.4. The molecule has 15 nitrogen and oxygen atoms in total. The lowest BCUT2D eigenvalue weighted by Gasteiger charge is -2.20. The number of ketones is 3. The first-order valence-corrected chi connectivity index (χ1v) is 35.4. The van der Waals surface area contributed by atoms with E-state index < -0.39 is 21.5 Å². The molecule has 0 spiro atoms. The van der Waals surface area contributed by atoms with Crippen molar-refractivity contribution in [2.24, 2.45) is 5.73 Å². The van der Waals surface area contributed by atoms with Crippen LogP contribution >= 0.6 is 69.6 Å². The van der Waals surface area contributed by atoms with Crippen LogP contribution in [0.1, 0.15) is 146 Å². The third-order valence-electron chi connectivity index (χ3n) is 15.7. The number of hydrogen-bond acceptors (Lipinski definition) is 11. The summed E-state index contributed by atoms with van der Waals surface area (Å²) >= 11 is 37.4. The first-order chi connectivity index (χ1) is 44.8. The zero-order valence-electron chi connectivity index (χ0n) is 55.0. The van der Waals surface area contributed by atoms with E-state index in [0.29, 0.717) is 81.6 Å². The van der Waals surface area contributed by atoms with Gasteiger partial charge in [0.15, 0.2) is 0 Å². The Balaban J connectivity index is 0.000000203. The largest absolute Gasteiger partial charge is 0.444 e. The standard InChI is InChI=1S/C27H31Cl2N3O3.C24H26Cl2N2O3S.C22H23Cl2N3O/c1-17-13-23(32(31-17)22-8-6-7-21(28)15-22)11-12-25(33)18(2)19-9-10-20(24(29)14-19)16-30-26(34)35-27(3,4)5;1-16-13-22(28(27-16)21-6-4-5-20(25)15-21)9-10-24(29)17(2)19-8-7-18(23(26)14-19)11-12-32(3,30)31;1-14-10-20(27(26-14)19-5-3-4-18(23)12-19)8-9-22(28)15(2)16-6-7-17(13-25)21(24)11-16/h6-10,13-15,18H,11-12,16H2,1-5H3,(H,30,34);4-8,13-15,17H,9-12H2,1-3H3;3-7,10-12,15H,8-9,13,25H2,1-2H3. The molecule has 0 aliphatic carbocycles. The highest BCUT2D eigenvalue weighted by atomic mass is 35.5. The fourth-order valence-corrected chi connectivity index (χ4v) is 12.4. The molecule has 0 fully saturated rings. The molecule has 0 saturated carbocycles. The van der Waals surface area contributed by atoms with Crippen molar-refractivity contribution in [2.75, 3.05) is 12.0 Å². The van der Waals surface area contributed by atoms with Crippen molar-refractivity contribution in [1.29, 1.82) is 0 Å². The van der Waals surface area contributed by atoms with E-state index in [0.717, 1.165) is 84.6 Å². The zero-order chi connectivity index (χ0) is 69.5. The topological polar surface area (TPSA) is 203 Å². The first-order valence-electron chi connectivity index (χ1n) is 31.1. The number of carbonyl (C=O) groups excluding carboxylic acids is 4. The maximum Gasteiger partial charge on any atom is 0.407 e. The number of hydrogen-bond donors (Lipinski definition) is 2. The van der Waals surface area contributed by atoms with Crippen molar-refractivity contribution in [3.8, 4) is 17.1 Å². The summed E-state index contributed by atoms with van der Waals surface area (Å²) in [6.07, 6.45) is 3.91. The Labute approximate surface area is 587 Å². The summed E-state index contributed by atoms with van der Waals surface area (Å²) in [5, 5.41) is 19.9. The minimum Gasteiger partial charge on any atom is -0.444 e. The highest BCUT2D eigenvalue weighted by Gasteiger charge is 2.23. The molecule has 6 aromatic carbocycles. The lowest BCUT2D eigenvalue weighted by atomic mass is 9.92. The van der Waals surface area contributed by atoms with Crippen LogP contribution in [0, 0.1) is 20.8 Å². The van der Waals surface area contributed by atoms with E-state index in [1.165, 1.54) is 6.26 Å². The number of ether oxygens (including phenoxy) is 1. The highest BCUT2D eigenvalue weighted by Crippen LogP contribution is 2.30. The number of nitrogens with two attached hydrogens (primary N) is 1. The summed E-state index contributed by atoms with van der Waals surface area (Å²) in [4.78, 5) is 50.6. The van der Waals surface area contributed by atoms with E-state index >= 15 is 0 Å². The third kappa shape index (κ3) is 22.5. The molecule has 0 radical (unpaired) electrons. The number of carbonyl (C=O) groups is 4. The van der Waals surface area contributed by atoms with Crippen molar-refractivity contribution in [3.63, 3.8) is 0 Å². The van der Waals surface area contributed by atoms with E-state index in [-0.39, 0.29) is 47.4 Å². The van der Waals surface area contributed by atoms with Crippen molar-refractivity contribution in [1.82, 2.24) is 34.7 Å². The quantitative estimate of drug-likeness (QED) is 0.0582. The summed E-state index contributed by atoms with van der Waals surface area (Å²) in [6, 6.07) is 45.0. The van der Waals surface area contributed by atoms with Crippen LogP contribution in [-0.2, 0) is 67.7 Å². The summed E-state index contributed by atoms with van der Waals surface area (Å²) in [5.74, 6) is -0.455. The van der Waals surface area contributed by atoms with Crippen LogP contribution in [0.15, 0.2) is 146 Å². The van der Waals surface area contributed by atoms with Crippen molar-refractivity contribution >= 4 is 103 Å². The van der Waals surface area contributed by atoms with Gasteiger partial charge in [0.25, 0.3) is 0 Å². The van der Waals surface area contributed by atoms with Crippen LogP contribution < -0.4 is 11.1 Å². The molecule has 3 aromatic heterocycles. The first kappa shape index (κ1) is 75.3. The minimum atomic E-state index is -3.06. The lowest BCUT2D eigenvalue weighted by molar-refractivity contribution is -0.120. The number of alkyl carbamates (subject to hydrolysis) is 1. The zero-order valence-corrected chi connectivity index (χ0v) is 60.3. The second-order valence-corrected chi connectivity index (χ2v) is 29.4. The van der Waals surface area contributed by atoms with Crippen molar-refractivity contribution < 1.29 is 32.3 Å². The fourth-order valence-electron chi connectivity index (χ4n) is 10.4. The monoisotopic (exact) mass is 1420 g/mol. The number of sulfone groups is 1. The molecular weight excluding hydrogens is 1350 g/mol. The van der Waals surface area contributed by atoms with E-state index in [4.69, 9.17) is 80.1 Å². The fraction of sp³-hybridized carbons (Fsp3) is 0.329. The molecule has 0 bridgehead atoms. The van der Waals surface area contributed by atoms with Gasteiger partial charge in [-0.25, -0.2) is 27.3 Å². The Kier molecular flexibility index (Phi) is 27.1. The SMILES string of the molecule is Cc1cc(CCC(=O)C(C)c2ccc(CCS(C)(=O)=O)c(Cl)c2)n(-c2cccc(Cl)c2)n1.Cc1cc(CCC(=O)C(C)c2ccc(CN)c(Cl)c2)n(-c2cccc(Cl)c2)n1.Cc1cc(CCC(=O)C(C)c2ccc(CNC(=O)OC(C)(C)C)c(Cl)c2)n(-c2cccc(Cl)c2)n1. The number of rotatable bonds is 24.